The minimum Gasteiger partial charge on any atom is -0.340 e. The highest BCUT2D eigenvalue weighted by molar-refractivity contribution is 7.99. The monoisotopic (exact) mass is 321 g/mol. The summed E-state index contributed by atoms with van der Waals surface area (Å²) in [6.07, 6.45) is 2.63. The molecule has 0 fully saturated rings. The second-order valence-corrected chi connectivity index (χ2v) is 6.65. The van der Waals surface area contributed by atoms with Crippen LogP contribution >= 0.6 is 11.8 Å². The Bertz CT molecular complexity index is 906. The molecule has 0 saturated carbocycles. The Balaban J connectivity index is 1.77. The molecule has 1 aromatic heterocycles. The fourth-order valence-corrected chi connectivity index (χ4v) is 3.94. The van der Waals surface area contributed by atoms with Gasteiger partial charge in [0.25, 0.3) is 0 Å². The van der Waals surface area contributed by atoms with Gasteiger partial charge < -0.3 is 5.32 Å². The quantitative estimate of drug-likeness (QED) is 0.732. The molecule has 114 valence electrons. The Morgan fingerprint density at radius 3 is 2.74 bits per heavy atom. The number of thioether (sulfide) groups is 1. The van der Waals surface area contributed by atoms with E-state index in [4.69, 9.17) is 0 Å². The van der Waals surface area contributed by atoms with E-state index in [9.17, 15) is 4.79 Å². The summed E-state index contributed by atoms with van der Waals surface area (Å²) in [6.45, 7) is 1.57. The number of nitrogens with zero attached hydrogens (tertiary/aromatic N) is 2. The predicted molar refractivity (Wildman–Crippen MR) is 93.7 cm³/mol. The fraction of sp³-hybridized carbons (Fsp3) is 0.167. The van der Waals surface area contributed by atoms with E-state index in [2.05, 4.69) is 27.4 Å². The van der Waals surface area contributed by atoms with Crippen molar-refractivity contribution in [3.8, 4) is 0 Å². The first-order chi connectivity index (χ1) is 11.2. The maximum Gasteiger partial charge on any atom is 0.159 e. The van der Waals surface area contributed by atoms with Crippen molar-refractivity contribution in [2.75, 3.05) is 11.1 Å². The van der Waals surface area contributed by atoms with Crippen LogP contribution in [0.5, 0.6) is 0 Å². The van der Waals surface area contributed by atoms with Gasteiger partial charge in [-0.25, -0.2) is 9.97 Å². The molecule has 23 heavy (non-hydrogen) atoms. The van der Waals surface area contributed by atoms with E-state index in [1.807, 2.05) is 36.0 Å². The average molecular weight is 321 g/mol. The Hall–Kier alpha value is -2.40. The lowest BCUT2D eigenvalue weighted by atomic mass is 10.1. The van der Waals surface area contributed by atoms with Crippen molar-refractivity contribution in [1.29, 1.82) is 0 Å². The van der Waals surface area contributed by atoms with E-state index in [-0.39, 0.29) is 5.78 Å². The number of anilines is 2. The number of aryl methyl sites for hydroxylation is 1. The largest absolute Gasteiger partial charge is 0.340 e. The number of rotatable bonds is 3. The topological polar surface area (TPSA) is 54.9 Å². The molecule has 1 aliphatic rings. The van der Waals surface area contributed by atoms with Crippen LogP contribution in [0.4, 0.5) is 11.5 Å². The Morgan fingerprint density at radius 2 is 1.96 bits per heavy atom. The van der Waals surface area contributed by atoms with E-state index in [1.165, 1.54) is 10.5 Å². The average Bonchev–Trinajstić information content (AvgIpc) is 3.04. The first-order valence-corrected chi connectivity index (χ1v) is 8.48. The van der Waals surface area contributed by atoms with Gasteiger partial charge in [-0.1, -0.05) is 0 Å². The van der Waals surface area contributed by atoms with Crippen molar-refractivity contribution in [3.05, 3.63) is 53.9 Å². The van der Waals surface area contributed by atoms with Crippen LogP contribution in [0.3, 0.4) is 0 Å². The normalized spacial score (nSPS) is 13.1. The molecule has 0 bridgehead atoms. The van der Waals surface area contributed by atoms with E-state index >= 15 is 0 Å². The number of aromatic nitrogens is 2. The molecule has 4 nitrogen and oxygen atoms in total. The molecule has 0 aliphatic carbocycles. The Labute approximate surface area is 138 Å². The summed E-state index contributed by atoms with van der Waals surface area (Å²) in [6, 6.07) is 11.7. The zero-order valence-corrected chi connectivity index (χ0v) is 13.5. The zero-order valence-electron chi connectivity index (χ0n) is 12.7. The number of hydrogen-bond donors (Lipinski definition) is 1. The van der Waals surface area contributed by atoms with Crippen LogP contribution in [0.15, 0.2) is 47.6 Å². The third-order valence-electron chi connectivity index (χ3n) is 4.03. The predicted octanol–water partition coefficient (Wildman–Crippen LogP) is 4.22. The van der Waals surface area contributed by atoms with Crippen molar-refractivity contribution in [1.82, 2.24) is 9.97 Å². The van der Waals surface area contributed by atoms with Gasteiger partial charge >= 0.3 is 0 Å². The molecule has 1 aliphatic heterocycles. The summed E-state index contributed by atoms with van der Waals surface area (Å²) in [4.78, 5) is 21.5. The van der Waals surface area contributed by atoms with Crippen LogP contribution in [0.1, 0.15) is 22.8 Å². The molecule has 2 heterocycles. The summed E-state index contributed by atoms with van der Waals surface area (Å²) in [5.41, 5.74) is 3.92. The van der Waals surface area contributed by atoms with E-state index in [0.717, 1.165) is 34.6 Å². The van der Waals surface area contributed by atoms with Crippen molar-refractivity contribution >= 4 is 40.0 Å². The molecule has 0 atom stereocenters. The van der Waals surface area contributed by atoms with Gasteiger partial charge in [0.15, 0.2) is 5.78 Å². The van der Waals surface area contributed by atoms with E-state index in [0.29, 0.717) is 5.56 Å². The second-order valence-electron chi connectivity index (χ2n) is 5.52. The number of Topliss-reactive ketones (excluding diaryl/α,β-unsaturated/α-hetero) is 1. The zero-order chi connectivity index (χ0) is 15.8. The summed E-state index contributed by atoms with van der Waals surface area (Å²) < 4.78 is 0. The van der Waals surface area contributed by atoms with Crippen LogP contribution in [-0.4, -0.2) is 21.5 Å². The molecule has 0 unspecified atom stereocenters. The number of nitrogens with one attached hydrogen (secondary N) is 1. The van der Waals surface area contributed by atoms with Gasteiger partial charge in [-0.3, -0.25) is 4.79 Å². The number of carbonyl (C=O) groups excluding carboxylic acids is 1. The van der Waals surface area contributed by atoms with Crippen LogP contribution in [0.2, 0.25) is 0 Å². The molecule has 2 aromatic carbocycles. The van der Waals surface area contributed by atoms with Crippen molar-refractivity contribution in [2.24, 2.45) is 0 Å². The third-order valence-corrected chi connectivity index (χ3v) is 5.13. The molecule has 3 aromatic rings. The molecule has 0 spiro atoms. The summed E-state index contributed by atoms with van der Waals surface area (Å²) in [5.74, 6) is 2.00. The number of ketones is 1. The van der Waals surface area contributed by atoms with Crippen LogP contribution in [-0.2, 0) is 6.42 Å². The van der Waals surface area contributed by atoms with Crippen molar-refractivity contribution in [3.63, 3.8) is 0 Å². The highest BCUT2D eigenvalue weighted by Gasteiger charge is 2.18. The number of carbonyl (C=O) groups is 1. The lowest BCUT2D eigenvalue weighted by Crippen LogP contribution is -1.99. The van der Waals surface area contributed by atoms with Crippen LogP contribution < -0.4 is 5.32 Å². The lowest BCUT2D eigenvalue weighted by Gasteiger charge is -2.11. The molecule has 0 amide bonds. The van der Waals surface area contributed by atoms with Gasteiger partial charge in [0.05, 0.1) is 5.52 Å². The van der Waals surface area contributed by atoms with Gasteiger partial charge in [0.1, 0.15) is 12.1 Å². The molecule has 0 saturated heterocycles. The highest BCUT2D eigenvalue weighted by Crippen LogP contribution is 2.38. The van der Waals surface area contributed by atoms with Crippen LogP contribution in [0.25, 0.3) is 10.9 Å². The van der Waals surface area contributed by atoms with Gasteiger partial charge in [0, 0.05) is 27.3 Å². The minimum atomic E-state index is 0.0684. The maximum atomic E-state index is 11.4. The molecule has 5 heteroatoms. The van der Waals surface area contributed by atoms with E-state index < -0.39 is 0 Å². The number of benzene rings is 2. The fourth-order valence-electron chi connectivity index (χ4n) is 2.87. The Kier molecular flexibility index (Phi) is 3.50. The SMILES string of the molecule is CC(=O)c1ccc(Nc2ncnc3ccc4c(c23)CCS4)cc1. The van der Waals surface area contributed by atoms with Crippen LogP contribution in [0, 0.1) is 0 Å². The van der Waals surface area contributed by atoms with Gasteiger partial charge in [-0.15, -0.1) is 11.8 Å². The Morgan fingerprint density at radius 1 is 1.13 bits per heavy atom. The second kappa shape index (κ2) is 5.66. The highest BCUT2D eigenvalue weighted by atomic mass is 32.2. The maximum absolute atomic E-state index is 11.4. The standard InChI is InChI=1S/C18H15N3OS/c1-11(22)12-2-4-13(5-3-12)21-18-17-14-8-9-23-16(14)7-6-15(17)19-10-20-18/h2-7,10H,8-9H2,1H3,(H,19,20,21). The first-order valence-electron chi connectivity index (χ1n) is 7.50. The smallest absolute Gasteiger partial charge is 0.159 e. The molecule has 4 rings (SSSR count). The van der Waals surface area contributed by atoms with E-state index in [1.54, 1.807) is 13.3 Å². The van der Waals surface area contributed by atoms with Crippen molar-refractivity contribution in [2.45, 2.75) is 18.2 Å². The molecule has 0 radical (unpaired) electrons. The number of fused-ring (bicyclic) bond motifs is 3. The summed E-state index contributed by atoms with van der Waals surface area (Å²) in [7, 11) is 0. The number of hydrogen-bond acceptors (Lipinski definition) is 5. The third kappa shape index (κ3) is 2.57. The molecular formula is C18H15N3OS. The van der Waals surface area contributed by atoms with Gasteiger partial charge in [0.2, 0.25) is 0 Å². The summed E-state index contributed by atoms with van der Waals surface area (Å²) in [5, 5.41) is 4.47. The molecular weight excluding hydrogens is 306 g/mol. The van der Waals surface area contributed by atoms with Gasteiger partial charge in [-0.2, -0.15) is 0 Å². The minimum absolute atomic E-state index is 0.0684. The molecule has 1 N–H and O–H groups in total. The lowest BCUT2D eigenvalue weighted by molar-refractivity contribution is 0.101. The summed E-state index contributed by atoms with van der Waals surface area (Å²) >= 11 is 1.88. The van der Waals surface area contributed by atoms with Gasteiger partial charge in [-0.05, 0) is 55.3 Å². The van der Waals surface area contributed by atoms with Crippen molar-refractivity contribution < 1.29 is 4.79 Å². The first kappa shape index (κ1) is 14.2.